The highest BCUT2D eigenvalue weighted by Crippen LogP contribution is 2.19. The van der Waals surface area contributed by atoms with Gasteiger partial charge < -0.3 is 10.2 Å². The topological polar surface area (TPSA) is 28.2 Å². The number of anilines is 1. The maximum absolute atomic E-state index is 13.3. The van der Waals surface area contributed by atoms with Gasteiger partial charge in [-0.05, 0) is 45.3 Å². The lowest BCUT2D eigenvalue weighted by Gasteiger charge is -2.28. The van der Waals surface area contributed by atoms with E-state index in [4.69, 9.17) is 0 Å². The third kappa shape index (κ3) is 3.63. The van der Waals surface area contributed by atoms with Gasteiger partial charge >= 0.3 is 0 Å². The van der Waals surface area contributed by atoms with Crippen LogP contribution < -0.4 is 5.32 Å². The first-order chi connectivity index (χ1) is 8.65. The predicted molar refractivity (Wildman–Crippen MR) is 67.5 cm³/mol. The van der Waals surface area contributed by atoms with Crippen LogP contribution in [-0.4, -0.2) is 36.6 Å². The second-order valence-corrected chi connectivity index (χ2v) is 4.95. The molecule has 0 spiro atoms. The van der Waals surface area contributed by atoms with Crippen LogP contribution in [0.25, 0.3) is 0 Å². The van der Waals surface area contributed by atoms with Crippen LogP contribution in [0.3, 0.4) is 0 Å². The van der Waals surface area contributed by atoms with Crippen LogP contribution in [-0.2, 0) is 0 Å². The molecule has 0 aromatic carbocycles. The Morgan fingerprint density at radius 3 is 2.78 bits per heavy atom. The summed E-state index contributed by atoms with van der Waals surface area (Å²) >= 11 is 0. The highest BCUT2D eigenvalue weighted by Gasteiger charge is 2.16. The van der Waals surface area contributed by atoms with Gasteiger partial charge in [0, 0.05) is 12.6 Å². The minimum atomic E-state index is -0.645. The molecule has 1 aliphatic rings. The number of pyridine rings is 1. The van der Waals surface area contributed by atoms with Gasteiger partial charge in [0.1, 0.15) is 5.82 Å². The molecule has 0 amide bonds. The molecule has 1 saturated heterocycles. The minimum absolute atomic E-state index is 0.143. The number of nitrogens with zero attached hydrogens (tertiary/aromatic N) is 2. The van der Waals surface area contributed by atoms with Crippen molar-refractivity contribution in [2.75, 3.05) is 32.0 Å². The van der Waals surface area contributed by atoms with E-state index in [1.807, 2.05) is 0 Å². The van der Waals surface area contributed by atoms with Crippen LogP contribution in [0.5, 0.6) is 0 Å². The smallest absolute Gasteiger partial charge is 0.168 e. The number of nitrogens with one attached hydrogen (secondary N) is 1. The molecule has 1 fully saturated rings. The average molecular weight is 255 g/mol. The number of hydrogen-bond acceptors (Lipinski definition) is 3. The van der Waals surface area contributed by atoms with E-state index in [0.29, 0.717) is 12.5 Å². The van der Waals surface area contributed by atoms with Gasteiger partial charge in [-0.3, -0.25) is 0 Å². The number of aromatic nitrogens is 1. The molecule has 2 heterocycles. The van der Waals surface area contributed by atoms with Gasteiger partial charge in [0.05, 0.1) is 6.20 Å². The Bertz CT molecular complexity index is 390. The van der Waals surface area contributed by atoms with E-state index in [1.54, 1.807) is 0 Å². The van der Waals surface area contributed by atoms with E-state index >= 15 is 0 Å². The van der Waals surface area contributed by atoms with Crippen molar-refractivity contribution in [2.24, 2.45) is 5.92 Å². The number of likely N-dealkylation sites (tertiary alicyclic amines) is 1. The monoisotopic (exact) mass is 255 g/mol. The zero-order chi connectivity index (χ0) is 13.0. The second kappa shape index (κ2) is 6.09. The summed E-state index contributed by atoms with van der Waals surface area (Å²) in [6, 6.07) is 0.852. The van der Waals surface area contributed by atoms with Crippen LogP contribution >= 0.6 is 0 Å². The van der Waals surface area contributed by atoms with Gasteiger partial charge in [0.15, 0.2) is 11.6 Å². The first-order valence-electron chi connectivity index (χ1n) is 6.38. The summed E-state index contributed by atoms with van der Waals surface area (Å²) in [5.41, 5.74) is 0. The van der Waals surface area contributed by atoms with Crippen molar-refractivity contribution in [2.45, 2.75) is 19.3 Å². The van der Waals surface area contributed by atoms with E-state index in [-0.39, 0.29) is 5.82 Å². The summed E-state index contributed by atoms with van der Waals surface area (Å²) in [5, 5.41) is 2.93. The molecule has 0 atom stereocenters. The van der Waals surface area contributed by atoms with Crippen LogP contribution in [0.2, 0.25) is 0 Å². The van der Waals surface area contributed by atoms with Gasteiger partial charge in [-0.2, -0.15) is 0 Å². The summed E-state index contributed by atoms with van der Waals surface area (Å²) in [5.74, 6) is -0.437. The number of hydrogen-bond donors (Lipinski definition) is 1. The molecule has 0 saturated carbocycles. The van der Waals surface area contributed by atoms with Crippen molar-refractivity contribution in [1.82, 2.24) is 9.88 Å². The average Bonchev–Trinajstić information content (AvgIpc) is 2.34. The first kappa shape index (κ1) is 13.2. The molecule has 100 valence electrons. The summed E-state index contributed by atoms with van der Waals surface area (Å²) in [4.78, 5) is 6.03. The molecule has 0 radical (unpaired) electrons. The minimum Gasteiger partial charge on any atom is -0.368 e. The maximum atomic E-state index is 13.3. The van der Waals surface area contributed by atoms with Crippen molar-refractivity contribution < 1.29 is 8.78 Å². The van der Waals surface area contributed by atoms with Gasteiger partial charge in [-0.1, -0.05) is 0 Å². The fraction of sp³-hybridized carbons (Fsp3) is 0.615. The Morgan fingerprint density at radius 1 is 1.39 bits per heavy atom. The highest BCUT2D eigenvalue weighted by molar-refractivity contribution is 5.35. The Kier molecular flexibility index (Phi) is 4.47. The molecule has 2 rings (SSSR count). The Balaban J connectivity index is 1.75. The summed E-state index contributed by atoms with van der Waals surface area (Å²) in [6.45, 7) is 2.95. The molecule has 1 aromatic heterocycles. The quantitative estimate of drug-likeness (QED) is 0.896. The van der Waals surface area contributed by atoms with E-state index in [2.05, 4.69) is 22.2 Å². The molecule has 0 unspecified atom stereocenters. The summed E-state index contributed by atoms with van der Waals surface area (Å²) in [7, 11) is 2.13. The van der Waals surface area contributed by atoms with E-state index in [1.165, 1.54) is 12.8 Å². The lowest BCUT2D eigenvalue weighted by Crippen LogP contribution is -2.30. The third-order valence-electron chi connectivity index (χ3n) is 3.49. The van der Waals surface area contributed by atoms with Crippen LogP contribution in [0.15, 0.2) is 12.3 Å². The van der Waals surface area contributed by atoms with Gasteiger partial charge in [0.25, 0.3) is 0 Å². The Morgan fingerprint density at radius 2 is 2.11 bits per heavy atom. The van der Waals surface area contributed by atoms with E-state index in [9.17, 15) is 8.78 Å². The molecule has 5 heteroatoms. The maximum Gasteiger partial charge on any atom is 0.168 e. The Hall–Kier alpha value is -1.23. The molecule has 1 N–H and O–H groups in total. The van der Waals surface area contributed by atoms with Crippen molar-refractivity contribution in [3.63, 3.8) is 0 Å². The van der Waals surface area contributed by atoms with Crippen LogP contribution in [0.1, 0.15) is 19.3 Å². The highest BCUT2D eigenvalue weighted by atomic mass is 19.1. The molecule has 18 heavy (non-hydrogen) atoms. The van der Waals surface area contributed by atoms with Gasteiger partial charge in [0.2, 0.25) is 0 Å². The van der Waals surface area contributed by atoms with Crippen LogP contribution in [0, 0.1) is 17.6 Å². The molecular formula is C13H19F2N3. The van der Waals surface area contributed by atoms with Crippen molar-refractivity contribution in [3.8, 4) is 0 Å². The zero-order valence-electron chi connectivity index (χ0n) is 10.6. The largest absolute Gasteiger partial charge is 0.368 e. The normalized spacial score (nSPS) is 17.9. The number of halogens is 2. The third-order valence-corrected chi connectivity index (χ3v) is 3.49. The van der Waals surface area contributed by atoms with Gasteiger partial charge in [-0.15, -0.1) is 0 Å². The number of piperidine rings is 1. The number of rotatable bonds is 4. The van der Waals surface area contributed by atoms with Crippen molar-refractivity contribution >= 4 is 5.82 Å². The summed E-state index contributed by atoms with van der Waals surface area (Å²) < 4.78 is 26.0. The SMILES string of the molecule is CN1CCC(CCNc2ncc(F)cc2F)CC1. The first-order valence-corrected chi connectivity index (χ1v) is 6.38. The molecule has 1 aliphatic heterocycles. The fourth-order valence-electron chi connectivity index (χ4n) is 2.29. The lowest BCUT2D eigenvalue weighted by molar-refractivity contribution is 0.215. The standard InChI is InChI=1S/C13H19F2N3/c1-18-6-3-10(4-7-18)2-5-16-13-12(15)8-11(14)9-17-13/h8-10H,2-7H2,1H3,(H,16,17). The molecular weight excluding hydrogens is 236 g/mol. The van der Waals surface area contributed by atoms with E-state index in [0.717, 1.165) is 31.8 Å². The van der Waals surface area contributed by atoms with E-state index < -0.39 is 11.6 Å². The second-order valence-electron chi connectivity index (χ2n) is 4.95. The summed E-state index contributed by atoms with van der Waals surface area (Å²) in [6.07, 6.45) is 4.42. The molecule has 3 nitrogen and oxygen atoms in total. The molecule has 0 bridgehead atoms. The lowest BCUT2D eigenvalue weighted by atomic mass is 9.94. The Labute approximate surface area is 106 Å². The predicted octanol–water partition coefficient (Wildman–Crippen LogP) is 2.50. The molecule has 0 aliphatic carbocycles. The fourth-order valence-corrected chi connectivity index (χ4v) is 2.29. The van der Waals surface area contributed by atoms with Crippen molar-refractivity contribution in [3.05, 3.63) is 23.9 Å². The van der Waals surface area contributed by atoms with Crippen LogP contribution in [0.4, 0.5) is 14.6 Å². The molecule has 1 aromatic rings. The van der Waals surface area contributed by atoms with Crippen molar-refractivity contribution in [1.29, 1.82) is 0 Å². The zero-order valence-corrected chi connectivity index (χ0v) is 10.6. The van der Waals surface area contributed by atoms with Gasteiger partial charge in [-0.25, -0.2) is 13.8 Å².